The minimum absolute atomic E-state index is 0.218. The lowest BCUT2D eigenvalue weighted by molar-refractivity contribution is -0.143. The van der Waals surface area contributed by atoms with Crippen LogP contribution in [0.3, 0.4) is 0 Å². The van der Waals surface area contributed by atoms with Gasteiger partial charge >= 0.3 is 5.97 Å². The number of rotatable bonds is 8. The van der Waals surface area contributed by atoms with Crippen LogP contribution >= 0.6 is 0 Å². The van der Waals surface area contributed by atoms with Gasteiger partial charge in [0.15, 0.2) is 0 Å². The van der Waals surface area contributed by atoms with Crippen molar-refractivity contribution < 1.29 is 18.8 Å². The van der Waals surface area contributed by atoms with Crippen LogP contribution in [0.1, 0.15) is 31.7 Å². The maximum Gasteiger partial charge on any atom is 0.313 e. The minimum Gasteiger partial charge on any atom is -0.460 e. The largest absolute Gasteiger partial charge is 0.460 e. The van der Waals surface area contributed by atoms with Crippen LogP contribution in [-0.4, -0.2) is 47.2 Å². The zero-order valence-corrected chi connectivity index (χ0v) is 17.3. The highest BCUT2D eigenvalue weighted by Gasteiger charge is 2.19. The number of anilines is 1. The molecule has 164 valence electrons. The second-order valence-electron chi connectivity index (χ2n) is 6.98. The summed E-state index contributed by atoms with van der Waals surface area (Å²) in [7, 11) is 0. The third-order valence-corrected chi connectivity index (χ3v) is 4.70. The van der Waals surface area contributed by atoms with Gasteiger partial charge in [-0.1, -0.05) is 23.4 Å². The van der Waals surface area contributed by atoms with Crippen LogP contribution in [0.2, 0.25) is 0 Å². The minimum atomic E-state index is -0.680. The summed E-state index contributed by atoms with van der Waals surface area (Å²) in [6, 6.07) is 4.82. The molecule has 0 bridgehead atoms. The molecule has 1 aliphatic rings. The van der Waals surface area contributed by atoms with Crippen LogP contribution in [0.15, 0.2) is 35.7 Å². The lowest BCUT2D eigenvalue weighted by atomic mass is 10.0. The second-order valence-corrected chi connectivity index (χ2v) is 6.98. The van der Waals surface area contributed by atoms with E-state index in [-0.39, 0.29) is 24.4 Å². The number of benzene rings is 1. The molecule has 0 atom stereocenters. The van der Waals surface area contributed by atoms with Crippen molar-refractivity contribution in [1.82, 2.24) is 9.97 Å². The molecule has 10 heteroatoms. The van der Waals surface area contributed by atoms with Crippen molar-refractivity contribution in [2.75, 3.05) is 24.6 Å². The lowest BCUT2D eigenvalue weighted by Gasteiger charge is -2.27. The molecule has 3 rings (SSSR count). The summed E-state index contributed by atoms with van der Waals surface area (Å²) >= 11 is 0. The molecule has 1 saturated heterocycles. The van der Waals surface area contributed by atoms with E-state index < -0.39 is 11.8 Å². The third kappa shape index (κ3) is 5.97. The Kier molecular flexibility index (Phi) is 7.47. The first kappa shape index (κ1) is 22.1. The van der Waals surface area contributed by atoms with Crippen molar-refractivity contribution in [3.63, 3.8) is 0 Å². The monoisotopic (exact) mass is 428 g/mol. The van der Waals surface area contributed by atoms with Gasteiger partial charge in [-0.15, -0.1) is 0 Å². The van der Waals surface area contributed by atoms with E-state index in [0.717, 1.165) is 31.6 Å². The van der Waals surface area contributed by atoms with Crippen molar-refractivity contribution in [2.45, 2.75) is 32.8 Å². The number of hydrogen-bond acceptors (Lipinski definition) is 8. The lowest BCUT2D eigenvalue weighted by Crippen LogP contribution is -2.35. The Hall–Kier alpha value is -3.56. The summed E-state index contributed by atoms with van der Waals surface area (Å²) in [5.74, 6) is -0.915. The summed E-state index contributed by atoms with van der Waals surface area (Å²) in [5, 5.41) is 11.2. The van der Waals surface area contributed by atoms with Gasteiger partial charge in [-0.05, 0) is 6.92 Å². The van der Waals surface area contributed by atoms with E-state index in [0.29, 0.717) is 23.7 Å². The smallest absolute Gasteiger partial charge is 0.313 e. The quantitative estimate of drug-likeness (QED) is 0.286. The van der Waals surface area contributed by atoms with Crippen molar-refractivity contribution in [3.05, 3.63) is 42.0 Å². The van der Waals surface area contributed by atoms with E-state index in [1.807, 2.05) is 6.92 Å². The summed E-state index contributed by atoms with van der Waals surface area (Å²) in [6.45, 7) is 3.68. The molecule has 0 spiro atoms. The predicted octanol–water partition coefficient (Wildman–Crippen LogP) is 2.64. The van der Waals surface area contributed by atoms with Crippen LogP contribution in [0, 0.1) is 11.2 Å². The first-order valence-corrected chi connectivity index (χ1v) is 9.99. The topological polar surface area (TPSA) is 127 Å². The van der Waals surface area contributed by atoms with Gasteiger partial charge in [0.05, 0.1) is 5.71 Å². The van der Waals surface area contributed by atoms with Gasteiger partial charge in [0.1, 0.15) is 31.3 Å². The number of piperidine rings is 1. The molecule has 1 aromatic carbocycles. The zero-order chi connectivity index (χ0) is 22.2. The van der Waals surface area contributed by atoms with Gasteiger partial charge in [-0.3, -0.25) is 10.2 Å². The van der Waals surface area contributed by atoms with Gasteiger partial charge in [-0.25, -0.2) is 14.4 Å². The number of esters is 1. The van der Waals surface area contributed by atoms with Gasteiger partial charge in [0, 0.05) is 55.0 Å². The Labute approximate surface area is 179 Å². The first-order chi connectivity index (χ1) is 15.0. The molecule has 1 fully saturated rings. The number of nitrogens with zero attached hydrogens (tertiary/aromatic N) is 4. The second kappa shape index (κ2) is 10.5. The van der Waals surface area contributed by atoms with E-state index >= 15 is 0 Å². The molecular formula is C21H25FN6O3. The molecule has 0 amide bonds. The summed E-state index contributed by atoms with van der Waals surface area (Å²) in [5.41, 5.74) is 7.25. The average molecular weight is 428 g/mol. The Morgan fingerprint density at radius 2 is 2.00 bits per heavy atom. The molecule has 0 radical (unpaired) electrons. The number of carbonyl (C=O) groups is 1. The third-order valence-electron chi connectivity index (χ3n) is 4.70. The normalized spacial score (nSPS) is 13.6. The molecule has 3 N–H and O–H groups in total. The van der Waals surface area contributed by atoms with Crippen molar-refractivity contribution in [2.24, 2.45) is 10.9 Å². The van der Waals surface area contributed by atoms with Crippen LogP contribution in [0.4, 0.5) is 10.3 Å². The highest BCUT2D eigenvalue weighted by Crippen LogP contribution is 2.25. The number of halogens is 1. The van der Waals surface area contributed by atoms with Gasteiger partial charge in [0.25, 0.3) is 0 Å². The molecular weight excluding hydrogens is 403 g/mol. The van der Waals surface area contributed by atoms with Crippen molar-refractivity contribution in [3.8, 4) is 11.1 Å². The highest BCUT2D eigenvalue weighted by atomic mass is 19.1. The Balaban J connectivity index is 1.66. The number of nitrogens with two attached hydrogens (primary N) is 1. The summed E-state index contributed by atoms with van der Waals surface area (Å²) in [6.07, 6.45) is 4.40. The van der Waals surface area contributed by atoms with Crippen LogP contribution in [0.5, 0.6) is 0 Å². The number of nitrogens with one attached hydrogen (secondary N) is 1. The van der Waals surface area contributed by atoms with E-state index in [9.17, 15) is 9.18 Å². The van der Waals surface area contributed by atoms with Crippen LogP contribution in [0.25, 0.3) is 11.1 Å². The molecule has 1 aliphatic heterocycles. The van der Waals surface area contributed by atoms with Gasteiger partial charge < -0.3 is 20.2 Å². The molecule has 31 heavy (non-hydrogen) atoms. The standard InChI is InChI=1S/C21H25FN6O3/c1-2-31-27-16-6-8-28(9-7-16)21-25-11-15(12-26-21)17-5-3-4-14(20(17)22)13-30-19(29)10-18(23)24/h3-5,11-12H,2,6-10,13H2,1H3,(H3,23,24). The maximum absolute atomic E-state index is 14.9. The Morgan fingerprint density at radius 3 is 2.65 bits per heavy atom. The molecule has 0 aliphatic carbocycles. The fraction of sp³-hybridized carbons (Fsp3) is 0.381. The Bertz CT molecular complexity index is 954. The molecule has 0 unspecified atom stereocenters. The predicted molar refractivity (Wildman–Crippen MR) is 114 cm³/mol. The van der Waals surface area contributed by atoms with E-state index in [2.05, 4.69) is 20.0 Å². The Morgan fingerprint density at radius 1 is 1.29 bits per heavy atom. The molecule has 9 nitrogen and oxygen atoms in total. The van der Waals surface area contributed by atoms with E-state index in [4.69, 9.17) is 20.7 Å². The van der Waals surface area contributed by atoms with Gasteiger partial charge in [-0.2, -0.15) is 0 Å². The highest BCUT2D eigenvalue weighted by molar-refractivity contribution is 5.94. The molecule has 0 saturated carbocycles. The first-order valence-electron chi connectivity index (χ1n) is 9.99. The van der Waals surface area contributed by atoms with Crippen molar-refractivity contribution >= 4 is 23.5 Å². The summed E-state index contributed by atoms with van der Waals surface area (Å²) < 4.78 is 19.9. The maximum atomic E-state index is 14.9. The molecule has 2 heterocycles. The fourth-order valence-corrected chi connectivity index (χ4v) is 3.11. The molecule has 2 aromatic rings. The van der Waals surface area contributed by atoms with Gasteiger partial charge in [0.2, 0.25) is 5.95 Å². The van der Waals surface area contributed by atoms with E-state index in [1.165, 1.54) is 6.07 Å². The number of hydrogen-bond donors (Lipinski definition) is 2. The number of amidine groups is 1. The molecule has 1 aromatic heterocycles. The van der Waals surface area contributed by atoms with Crippen molar-refractivity contribution in [1.29, 1.82) is 5.41 Å². The number of ether oxygens (including phenoxy) is 1. The van der Waals surface area contributed by atoms with Crippen LogP contribution < -0.4 is 10.6 Å². The van der Waals surface area contributed by atoms with Crippen LogP contribution in [-0.2, 0) is 21.0 Å². The number of carbonyl (C=O) groups excluding carboxylic acids is 1. The number of oxime groups is 1. The fourth-order valence-electron chi connectivity index (χ4n) is 3.11. The average Bonchev–Trinajstić information content (AvgIpc) is 2.77. The SMILES string of the molecule is CCON=C1CCN(c2ncc(-c3cccc(COC(=O)CC(=N)N)c3F)cn2)CC1. The summed E-state index contributed by atoms with van der Waals surface area (Å²) in [4.78, 5) is 27.5. The zero-order valence-electron chi connectivity index (χ0n) is 17.3. The number of aromatic nitrogens is 2. The van der Waals surface area contributed by atoms with E-state index in [1.54, 1.807) is 24.5 Å².